The van der Waals surface area contributed by atoms with Gasteiger partial charge in [0.15, 0.2) is 5.13 Å². The number of anilines is 1. The number of rotatable bonds is 1. The fourth-order valence-electron chi connectivity index (χ4n) is 0.786. The highest BCUT2D eigenvalue weighted by Gasteiger charge is 2.16. The van der Waals surface area contributed by atoms with Crippen LogP contribution in [-0.2, 0) is 4.74 Å². The zero-order valence-electron chi connectivity index (χ0n) is 8.26. The molecule has 1 rings (SSSR count). The van der Waals surface area contributed by atoms with E-state index in [0.717, 1.165) is 11.3 Å². The molecular weight excluding hydrogens is 205 g/mol. The number of thiophene rings is 1. The van der Waals surface area contributed by atoms with Crippen LogP contribution in [0.5, 0.6) is 0 Å². The van der Waals surface area contributed by atoms with Crippen molar-refractivity contribution in [1.29, 1.82) is 0 Å². The maximum Gasteiger partial charge on any atom is 0.412 e. The van der Waals surface area contributed by atoms with E-state index in [0.29, 0.717) is 5.00 Å². The molecule has 14 heavy (non-hydrogen) atoms. The summed E-state index contributed by atoms with van der Waals surface area (Å²) in [5, 5.41) is 2.54. The Morgan fingerprint density at radius 2 is 2.14 bits per heavy atom. The molecule has 0 bridgehead atoms. The lowest BCUT2D eigenvalue weighted by molar-refractivity contribution is 0.0636. The lowest BCUT2D eigenvalue weighted by Gasteiger charge is -2.19. The van der Waals surface area contributed by atoms with Crippen molar-refractivity contribution in [2.24, 2.45) is 0 Å². The Hall–Kier alpha value is -1.10. The normalized spacial score (nSPS) is 11.1. The van der Waals surface area contributed by atoms with Crippen molar-refractivity contribution >= 4 is 22.4 Å². The third kappa shape index (κ3) is 3.74. The van der Waals surface area contributed by atoms with E-state index in [1.54, 1.807) is 20.8 Å². The Bertz CT molecular complexity index is 330. The van der Waals surface area contributed by atoms with Gasteiger partial charge in [-0.1, -0.05) is 11.3 Å². The van der Waals surface area contributed by atoms with Gasteiger partial charge in [0.2, 0.25) is 0 Å². The molecule has 0 radical (unpaired) electrons. The molecule has 0 saturated carbocycles. The fraction of sp³-hybridized carbons (Fsp3) is 0.444. The van der Waals surface area contributed by atoms with Crippen LogP contribution in [0.1, 0.15) is 20.8 Å². The molecule has 1 N–H and O–H groups in total. The first kappa shape index (κ1) is 11.0. The predicted molar refractivity (Wildman–Crippen MR) is 54.1 cm³/mol. The predicted octanol–water partition coefficient (Wildman–Crippen LogP) is 3.23. The number of carbonyl (C=O) groups is 1. The van der Waals surface area contributed by atoms with Crippen LogP contribution in [0.25, 0.3) is 0 Å². The summed E-state index contributed by atoms with van der Waals surface area (Å²) >= 11 is 0.863. The summed E-state index contributed by atoms with van der Waals surface area (Å²) in [6.07, 6.45) is -0.570. The second kappa shape index (κ2) is 3.96. The smallest absolute Gasteiger partial charge is 0.412 e. The average molecular weight is 217 g/mol. The van der Waals surface area contributed by atoms with Crippen LogP contribution in [0.3, 0.4) is 0 Å². The highest BCUT2D eigenvalue weighted by molar-refractivity contribution is 7.14. The molecule has 0 unspecified atom stereocenters. The quantitative estimate of drug-likeness (QED) is 0.784. The van der Waals surface area contributed by atoms with Crippen LogP contribution in [0, 0.1) is 5.13 Å². The van der Waals surface area contributed by atoms with Crippen LogP contribution < -0.4 is 5.32 Å². The van der Waals surface area contributed by atoms with Crippen molar-refractivity contribution in [2.45, 2.75) is 26.4 Å². The largest absolute Gasteiger partial charge is 0.444 e. The number of carbonyl (C=O) groups excluding carboxylic acids is 1. The summed E-state index contributed by atoms with van der Waals surface area (Å²) < 4.78 is 17.5. The molecule has 1 amide bonds. The number of hydrogen-bond acceptors (Lipinski definition) is 3. The van der Waals surface area contributed by atoms with Crippen LogP contribution in [0.2, 0.25) is 0 Å². The van der Waals surface area contributed by atoms with Crippen LogP contribution in [0.15, 0.2) is 12.1 Å². The number of ether oxygens (including phenoxy) is 1. The average Bonchev–Trinajstić information content (AvgIpc) is 2.30. The van der Waals surface area contributed by atoms with Crippen LogP contribution in [0.4, 0.5) is 14.2 Å². The minimum atomic E-state index is -0.570. The number of nitrogens with one attached hydrogen (secondary N) is 1. The van der Waals surface area contributed by atoms with E-state index in [4.69, 9.17) is 4.74 Å². The molecule has 0 spiro atoms. The summed E-state index contributed by atoms with van der Waals surface area (Å²) in [5.41, 5.74) is -0.542. The molecule has 3 nitrogen and oxygen atoms in total. The molecule has 1 aromatic rings. The van der Waals surface area contributed by atoms with Gasteiger partial charge in [-0.15, -0.1) is 0 Å². The number of amides is 1. The molecule has 0 aliphatic heterocycles. The van der Waals surface area contributed by atoms with E-state index in [1.807, 2.05) is 0 Å². The molecule has 0 saturated heterocycles. The van der Waals surface area contributed by atoms with Crippen molar-refractivity contribution < 1.29 is 13.9 Å². The first-order valence-electron chi connectivity index (χ1n) is 4.12. The van der Waals surface area contributed by atoms with E-state index in [1.165, 1.54) is 12.1 Å². The lowest BCUT2D eigenvalue weighted by atomic mass is 10.2. The minimum Gasteiger partial charge on any atom is -0.444 e. The maximum absolute atomic E-state index is 12.5. The third-order valence-corrected chi connectivity index (χ3v) is 1.99. The van der Waals surface area contributed by atoms with Gasteiger partial charge in [0.05, 0.1) is 0 Å². The van der Waals surface area contributed by atoms with Gasteiger partial charge in [0, 0.05) is 0 Å². The standard InChI is InChI=1S/C9H12FNO2S/c1-9(2,3)13-8(12)11-7-5-4-6(10)14-7/h4-5H,1-3H3,(H,11,12). The van der Waals surface area contributed by atoms with E-state index < -0.39 is 11.7 Å². The van der Waals surface area contributed by atoms with E-state index in [9.17, 15) is 9.18 Å². The topological polar surface area (TPSA) is 38.3 Å². The Balaban J connectivity index is 2.50. The van der Waals surface area contributed by atoms with Crippen molar-refractivity contribution in [2.75, 3.05) is 5.32 Å². The van der Waals surface area contributed by atoms with Crippen molar-refractivity contribution in [3.05, 3.63) is 17.3 Å². The van der Waals surface area contributed by atoms with Gasteiger partial charge in [-0.3, -0.25) is 5.32 Å². The van der Waals surface area contributed by atoms with Crippen molar-refractivity contribution in [3.63, 3.8) is 0 Å². The van der Waals surface area contributed by atoms with Gasteiger partial charge in [-0.25, -0.2) is 4.79 Å². The molecule has 0 aliphatic carbocycles. The Morgan fingerprint density at radius 3 is 2.57 bits per heavy atom. The monoisotopic (exact) mass is 217 g/mol. The second-order valence-electron chi connectivity index (χ2n) is 3.73. The second-order valence-corrected chi connectivity index (χ2v) is 4.76. The molecule has 1 aromatic heterocycles. The zero-order chi connectivity index (χ0) is 10.8. The highest BCUT2D eigenvalue weighted by atomic mass is 32.1. The molecule has 5 heteroatoms. The lowest BCUT2D eigenvalue weighted by Crippen LogP contribution is -2.26. The van der Waals surface area contributed by atoms with Gasteiger partial charge < -0.3 is 4.74 Å². The Labute approximate surface area is 85.9 Å². The molecule has 0 atom stereocenters. The zero-order valence-corrected chi connectivity index (χ0v) is 9.07. The Morgan fingerprint density at radius 1 is 1.50 bits per heavy atom. The molecule has 78 valence electrons. The van der Waals surface area contributed by atoms with E-state index in [2.05, 4.69) is 5.32 Å². The molecule has 0 aliphatic rings. The summed E-state index contributed by atoms with van der Waals surface area (Å²) in [6.45, 7) is 5.30. The van der Waals surface area contributed by atoms with Crippen LogP contribution >= 0.6 is 11.3 Å². The Kier molecular flexibility index (Phi) is 3.10. The first-order valence-corrected chi connectivity index (χ1v) is 4.94. The van der Waals surface area contributed by atoms with Gasteiger partial charge in [-0.2, -0.15) is 4.39 Å². The number of hydrogen-bond donors (Lipinski definition) is 1. The molecule has 0 aromatic carbocycles. The molecule has 1 heterocycles. The van der Waals surface area contributed by atoms with E-state index >= 15 is 0 Å². The van der Waals surface area contributed by atoms with Crippen molar-refractivity contribution in [1.82, 2.24) is 0 Å². The SMILES string of the molecule is CC(C)(C)OC(=O)Nc1ccc(F)s1. The van der Waals surface area contributed by atoms with Crippen LogP contribution in [-0.4, -0.2) is 11.7 Å². The fourth-order valence-corrected chi connectivity index (χ4v) is 1.40. The summed E-state index contributed by atoms with van der Waals surface area (Å²) in [4.78, 5) is 11.2. The summed E-state index contributed by atoms with van der Waals surface area (Å²) in [7, 11) is 0. The first-order chi connectivity index (χ1) is 6.37. The van der Waals surface area contributed by atoms with Crippen molar-refractivity contribution in [3.8, 4) is 0 Å². The molecule has 0 fully saturated rings. The van der Waals surface area contributed by atoms with E-state index in [-0.39, 0.29) is 5.13 Å². The third-order valence-electron chi connectivity index (χ3n) is 1.20. The van der Waals surface area contributed by atoms with Gasteiger partial charge >= 0.3 is 6.09 Å². The number of halogens is 1. The van der Waals surface area contributed by atoms with Gasteiger partial charge in [-0.05, 0) is 32.9 Å². The summed E-state index contributed by atoms with van der Waals surface area (Å²) in [6, 6.07) is 2.78. The maximum atomic E-state index is 12.5. The van der Waals surface area contributed by atoms with Gasteiger partial charge in [0.1, 0.15) is 10.6 Å². The highest BCUT2D eigenvalue weighted by Crippen LogP contribution is 2.20. The minimum absolute atomic E-state index is 0.337. The summed E-state index contributed by atoms with van der Waals surface area (Å²) in [5.74, 6) is 0. The van der Waals surface area contributed by atoms with Gasteiger partial charge in [0.25, 0.3) is 0 Å². The molecular formula is C9H12FNO2S.